The van der Waals surface area contributed by atoms with Crippen LogP contribution < -0.4 is 10.6 Å². The third-order valence-corrected chi connectivity index (χ3v) is 3.34. The first kappa shape index (κ1) is 14.5. The van der Waals surface area contributed by atoms with Gasteiger partial charge in [0.25, 0.3) is 0 Å². The van der Waals surface area contributed by atoms with Gasteiger partial charge in [-0.2, -0.15) is 0 Å². The average Bonchev–Trinajstić information content (AvgIpc) is 2.29. The highest BCUT2D eigenvalue weighted by molar-refractivity contribution is 9.11. The molecule has 0 aromatic heterocycles. The van der Waals surface area contributed by atoms with Gasteiger partial charge in [0, 0.05) is 22.6 Å². The summed E-state index contributed by atoms with van der Waals surface area (Å²) in [5, 5.41) is 5.80. The third-order valence-electron chi connectivity index (χ3n) is 2.02. The molecule has 2 N–H and O–H groups in total. The third kappa shape index (κ3) is 5.06. The van der Waals surface area contributed by atoms with Crippen LogP contribution in [0.3, 0.4) is 0 Å². The molecule has 94 valence electrons. The van der Waals surface area contributed by atoms with E-state index in [1.54, 1.807) is 7.11 Å². The smallest absolute Gasteiger partial charge is 0.239 e. The van der Waals surface area contributed by atoms with E-state index >= 15 is 0 Å². The van der Waals surface area contributed by atoms with Crippen LogP contribution in [0.4, 0.5) is 5.69 Å². The number of hydrogen-bond acceptors (Lipinski definition) is 3. The minimum atomic E-state index is -0.0651. The lowest BCUT2D eigenvalue weighted by atomic mass is 10.3. The van der Waals surface area contributed by atoms with Crippen LogP contribution in [0.15, 0.2) is 27.1 Å². The molecule has 1 aromatic rings. The Hall–Kier alpha value is -0.590. The van der Waals surface area contributed by atoms with Gasteiger partial charge in [-0.1, -0.05) is 6.07 Å². The van der Waals surface area contributed by atoms with E-state index in [1.165, 1.54) is 0 Å². The molecule has 0 fully saturated rings. The second-order valence-corrected chi connectivity index (χ2v) is 5.00. The average molecular weight is 366 g/mol. The quantitative estimate of drug-likeness (QED) is 0.761. The normalized spacial score (nSPS) is 10.1. The van der Waals surface area contributed by atoms with Gasteiger partial charge in [-0.15, -0.1) is 0 Å². The molecule has 0 bridgehead atoms. The first-order chi connectivity index (χ1) is 8.15. The Morgan fingerprint density at radius 3 is 2.59 bits per heavy atom. The summed E-state index contributed by atoms with van der Waals surface area (Å²) in [6, 6.07) is 5.74. The lowest BCUT2D eigenvalue weighted by molar-refractivity contribution is -0.119. The summed E-state index contributed by atoms with van der Waals surface area (Å²) in [5.41, 5.74) is 0.870. The summed E-state index contributed by atoms with van der Waals surface area (Å²) in [4.78, 5) is 11.5. The van der Waals surface area contributed by atoms with Gasteiger partial charge in [0.1, 0.15) is 0 Å². The number of anilines is 1. The maximum Gasteiger partial charge on any atom is 0.239 e. The maximum absolute atomic E-state index is 11.5. The summed E-state index contributed by atoms with van der Waals surface area (Å²) < 4.78 is 6.67. The molecule has 17 heavy (non-hydrogen) atoms. The van der Waals surface area contributed by atoms with Crippen LogP contribution in [0.1, 0.15) is 0 Å². The number of para-hydroxylation sites is 1. The zero-order chi connectivity index (χ0) is 12.7. The van der Waals surface area contributed by atoms with Crippen molar-refractivity contribution < 1.29 is 9.53 Å². The van der Waals surface area contributed by atoms with Crippen molar-refractivity contribution in [3.8, 4) is 0 Å². The van der Waals surface area contributed by atoms with Crippen LogP contribution in [0, 0.1) is 0 Å². The van der Waals surface area contributed by atoms with Crippen molar-refractivity contribution in [3.63, 3.8) is 0 Å². The zero-order valence-corrected chi connectivity index (χ0v) is 12.6. The number of amides is 1. The number of benzene rings is 1. The van der Waals surface area contributed by atoms with Crippen molar-refractivity contribution in [1.29, 1.82) is 0 Å². The first-order valence-electron chi connectivity index (χ1n) is 5.08. The molecule has 0 atom stereocenters. The Morgan fingerprint density at radius 2 is 2.00 bits per heavy atom. The predicted molar refractivity (Wildman–Crippen MR) is 75.2 cm³/mol. The van der Waals surface area contributed by atoms with Crippen molar-refractivity contribution in [2.75, 3.05) is 32.1 Å². The van der Waals surface area contributed by atoms with Crippen LogP contribution in [-0.4, -0.2) is 32.7 Å². The largest absolute Gasteiger partial charge is 0.383 e. The summed E-state index contributed by atoms with van der Waals surface area (Å²) in [7, 11) is 1.60. The molecule has 0 spiro atoms. The van der Waals surface area contributed by atoms with E-state index in [0.717, 1.165) is 14.6 Å². The van der Waals surface area contributed by atoms with Gasteiger partial charge < -0.3 is 15.4 Å². The van der Waals surface area contributed by atoms with Gasteiger partial charge in [-0.25, -0.2) is 0 Å². The summed E-state index contributed by atoms with van der Waals surface area (Å²) >= 11 is 6.83. The molecule has 0 aliphatic heterocycles. The van der Waals surface area contributed by atoms with Gasteiger partial charge in [0.2, 0.25) is 5.91 Å². The first-order valence-corrected chi connectivity index (χ1v) is 6.67. The Morgan fingerprint density at radius 1 is 1.35 bits per heavy atom. The van der Waals surface area contributed by atoms with Crippen LogP contribution in [-0.2, 0) is 9.53 Å². The number of carbonyl (C=O) groups is 1. The summed E-state index contributed by atoms with van der Waals surface area (Å²) in [6.07, 6.45) is 0. The molecular weight excluding hydrogens is 352 g/mol. The predicted octanol–water partition coefficient (Wildman–Crippen LogP) is 2.39. The van der Waals surface area contributed by atoms with Gasteiger partial charge in [-0.3, -0.25) is 4.79 Å². The zero-order valence-electron chi connectivity index (χ0n) is 9.43. The maximum atomic E-state index is 11.5. The molecule has 0 saturated heterocycles. The van der Waals surface area contributed by atoms with Crippen LogP contribution in [0.5, 0.6) is 0 Å². The molecule has 0 heterocycles. The molecule has 1 aromatic carbocycles. The number of carbonyl (C=O) groups excluding carboxylic acids is 1. The van der Waals surface area contributed by atoms with Gasteiger partial charge >= 0.3 is 0 Å². The van der Waals surface area contributed by atoms with E-state index in [1.807, 2.05) is 18.2 Å². The Labute approximate surface area is 117 Å². The topological polar surface area (TPSA) is 50.4 Å². The second kappa shape index (κ2) is 7.68. The molecule has 1 amide bonds. The van der Waals surface area contributed by atoms with Crippen molar-refractivity contribution in [3.05, 3.63) is 27.1 Å². The van der Waals surface area contributed by atoms with E-state index in [2.05, 4.69) is 42.5 Å². The van der Waals surface area contributed by atoms with E-state index in [-0.39, 0.29) is 12.5 Å². The molecule has 0 aliphatic rings. The highest BCUT2D eigenvalue weighted by Crippen LogP contribution is 2.30. The molecule has 0 saturated carbocycles. The lowest BCUT2D eigenvalue weighted by Gasteiger charge is -2.10. The van der Waals surface area contributed by atoms with Gasteiger partial charge in [-0.05, 0) is 44.0 Å². The molecule has 0 aliphatic carbocycles. The molecule has 1 rings (SSSR count). The molecule has 4 nitrogen and oxygen atoms in total. The molecule has 0 unspecified atom stereocenters. The number of halogens is 2. The lowest BCUT2D eigenvalue weighted by Crippen LogP contribution is -2.32. The van der Waals surface area contributed by atoms with E-state index in [0.29, 0.717) is 13.2 Å². The number of methoxy groups -OCH3 is 1. The summed E-state index contributed by atoms with van der Waals surface area (Å²) in [5.74, 6) is -0.0651. The fraction of sp³-hybridized carbons (Fsp3) is 0.364. The SMILES string of the molecule is COCCNC(=O)CNc1c(Br)cccc1Br. The van der Waals surface area contributed by atoms with Crippen LogP contribution >= 0.6 is 31.9 Å². The van der Waals surface area contributed by atoms with Crippen LogP contribution in [0.2, 0.25) is 0 Å². The number of nitrogens with one attached hydrogen (secondary N) is 2. The highest BCUT2D eigenvalue weighted by atomic mass is 79.9. The monoisotopic (exact) mass is 364 g/mol. The Kier molecular flexibility index (Phi) is 6.54. The fourth-order valence-corrected chi connectivity index (χ4v) is 2.47. The Balaban J connectivity index is 2.42. The second-order valence-electron chi connectivity index (χ2n) is 3.29. The molecular formula is C11H14Br2N2O2. The minimum absolute atomic E-state index is 0.0651. The fourth-order valence-electron chi connectivity index (χ4n) is 1.19. The van der Waals surface area contributed by atoms with Gasteiger partial charge in [0.05, 0.1) is 18.8 Å². The number of ether oxygens (including phenoxy) is 1. The van der Waals surface area contributed by atoms with E-state index in [4.69, 9.17) is 4.74 Å². The Bertz CT molecular complexity index is 365. The van der Waals surface area contributed by atoms with Crippen molar-refractivity contribution in [2.24, 2.45) is 0 Å². The summed E-state index contributed by atoms with van der Waals surface area (Å²) in [6.45, 7) is 1.27. The number of rotatable bonds is 6. The standard InChI is InChI=1S/C11H14Br2N2O2/c1-17-6-5-14-10(16)7-15-11-8(12)3-2-4-9(11)13/h2-4,15H,5-7H2,1H3,(H,14,16). The van der Waals surface area contributed by atoms with Crippen molar-refractivity contribution in [1.82, 2.24) is 5.32 Å². The van der Waals surface area contributed by atoms with E-state index in [9.17, 15) is 4.79 Å². The van der Waals surface area contributed by atoms with Crippen LogP contribution in [0.25, 0.3) is 0 Å². The minimum Gasteiger partial charge on any atom is -0.383 e. The van der Waals surface area contributed by atoms with Crippen molar-refractivity contribution >= 4 is 43.5 Å². The highest BCUT2D eigenvalue weighted by Gasteiger charge is 2.06. The van der Waals surface area contributed by atoms with Crippen molar-refractivity contribution in [2.45, 2.75) is 0 Å². The molecule has 6 heteroatoms. The van der Waals surface area contributed by atoms with Gasteiger partial charge in [0.15, 0.2) is 0 Å². The van der Waals surface area contributed by atoms with E-state index < -0.39 is 0 Å². The molecule has 0 radical (unpaired) electrons. The number of hydrogen-bond donors (Lipinski definition) is 2.